The molecule has 0 amide bonds. The summed E-state index contributed by atoms with van der Waals surface area (Å²) >= 11 is 0. The van der Waals surface area contributed by atoms with E-state index in [0.29, 0.717) is 22.8 Å². The van der Waals surface area contributed by atoms with Gasteiger partial charge < -0.3 is 8.98 Å². The van der Waals surface area contributed by atoms with Gasteiger partial charge in [0.2, 0.25) is 0 Å². The van der Waals surface area contributed by atoms with Crippen molar-refractivity contribution in [2.45, 2.75) is 0 Å². The predicted octanol–water partition coefficient (Wildman–Crippen LogP) is 12.0. The smallest absolute Gasteiger partial charge is 0.161 e. The number of furan rings is 1. The third-order valence-electron chi connectivity index (χ3n) is 9.88. The van der Waals surface area contributed by atoms with Crippen LogP contribution in [0.4, 0.5) is 0 Å². The molecule has 0 aliphatic carbocycles. The summed E-state index contributed by atoms with van der Waals surface area (Å²) in [7, 11) is 0. The molecule has 0 N–H and O–H groups in total. The molecule has 0 aliphatic heterocycles. The van der Waals surface area contributed by atoms with Gasteiger partial charge in [-0.25, -0.2) is 9.97 Å². The number of hydrogen-bond acceptors (Lipinski definition) is 4. The van der Waals surface area contributed by atoms with Gasteiger partial charge in [0, 0.05) is 43.9 Å². The molecule has 3 heterocycles. The third kappa shape index (κ3) is 4.63. The van der Waals surface area contributed by atoms with Crippen molar-refractivity contribution in [3.8, 4) is 56.8 Å². The molecule has 0 unspecified atom stereocenters. The van der Waals surface area contributed by atoms with Crippen LogP contribution in [0.25, 0.3) is 94.5 Å². The topological polar surface area (TPSA) is 67.6 Å². The van der Waals surface area contributed by atoms with Crippen molar-refractivity contribution >= 4 is 43.7 Å². The highest BCUT2D eigenvalue weighted by molar-refractivity contribution is 6.21. The summed E-state index contributed by atoms with van der Waals surface area (Å²) < 4.78 is 8.94. The number of para-hydroxylation sites is 2. The first-order valence-corrected chi connectivity index (χ1v) is 17.2. The van der Waals surface area contributed by atoms with E-state index >= 15 is 0 Å². The molecule has 242 valence electrons. The molecular weight excluding hydrogens is 637 g/mol. The number of aromatic nitrogens is 3. The first kappa shape index (κ1) is 29.6. The predicted molar refractivity (Wildman–Crippen MR) is 210 cm³/mol. The molecule has 0 atom stereocenters. The number of rotatable bonds is 5. The van der Waals surface area contributed by atoms with Crippen LogP contribution >= 0.6 is 0 Å². The third-order valence-corrected chi connectivity index (χ3v) is 9.88. The van der Waals surface area contributed by atoms with E-state index in [2.05, 4.69) is 89.5 Å². The minimum atomic E-state index is 0.438. The number of hydrogen-bond donors (Lipinski definition) is 0. The quantitative estimate of drug-likeness (QED) is 0.184. The fraction of sp³-hybridized carbons (Fsp3) is 0. The average Bonchev–Trinajstić information content (AvgIpc) is 3.77. The highest BCUT2D eigenvalue weighted by atomic mass is 16.3. The fourth-order valence-electron chi connectivity index (χ4n) is 7.52. The minimum Gasteiger partial charge on any atom is -0.454 e. The van der Waals surface area contributed by atoms with Crippen molar-refractivity contribution in [2.24, 2.45) is 0 Å². The first-order valence-electron chi connectivity index (χ1n) is 17.2. The molecule has 52 heavy (non-hydrogen) atoms. The maximum absolute atomic E-state index is 10.6. The van der Waals surface area contributed by atoms with Gasteiger partial charge in [-0.2, -0.15) is 5.26 Å². The molecule has 7 aromatic carbocycles. The molecule has 3 aromatic heterocycles. The molecule has 5 heteroatoms. The van der Waals surface area contributed by atoms with Crippen LogP contribution < -0.4 is 0 Å². The van der Waals surface area contributed by atoms with Gasteiger partial charge in [0.05, 0.1) is 22.4 Å². The fourth-order valence-corrected chi connectivity index (χ4v) is 7.52. The lowest BCUT2D eigenvalue weighted by Gasteiger charge is -2.17. The second kappa shape index (κ2) is 11.9. The molecule has 0 radical (unpaired) electrons. The Labute approximate surface area is 299 Å². The Kier molecular flexibility index (Phi) is 6.80. The molecule has 10 aromatic rings. The summed E-state index contributed by atoms with van der Waals surface area (Å²) in [5.41, 5.74) is 10.9. The number of benzene rings is 7. The highest BCUT2D eigenvalue weighted by Crippen LogP contribution is 2.42. The van der Waals surface area contributed by atoms with Gasteiger partial charge in [0.15, 0.2) is 11.4 Å². The van der Waals surface area contributed by atoms with Gasteiger partial charge in [-0.1, -0.05) is 140 Å². The Morgan fingerprint density at radius 2 is 1.08 bits per heavy atom. The Morgan fingerprint density at radius 3 is 1.75 bits per heavy atom. The van der Waals surface area contributed by atoms with Crippen molar-refractivity contribution in [2.75, 3.05) is 0 Å². The Balaban J connectivity index is 1.31. The second-order valence-corrected chi connectivity index (χ2v) is 12.8. The summed E-state index contributed by atoms with van der Waals surface area (Å²) in [6.45, 7) is 0. The maximum atomic E-state index is 10.6. The number of nitriles is 1. The van der Waals surface area contributed by atoms with Gasteiger partial charge >= 0.3 is 0 Å². The van der Waals surface area contributed by atoms with Crippen LogP contribution in [-0.4, -0.2) is 14.5 Å². The summed E-state index contributed by atoms with van der Waals surface area (Å²) in [5.74, 6) is 0.534. The Hall–Kier alpha value is -7.29. The van der Waals surface area contributed by atoms with E-state index in [4.69, 9.17) is 14.4 Å². The molecule has 10 rings (SSSR count). The van der Waals surface area contributed by atoms with Gasteiger partial charge in [-0.3, -0.25) is 0 Å². The molecular formula is C47H28N4O. The average molecular weight is 665 g/mol. The zero-order chi connectivity index (χ0) is 34.6. The maximum Gasteiger partial charge on any atom is 0.161 e. The van der Waals surface area contributed by atoms with E-state index in [9.17, 15) is 5.26 Å². The molecule has 0 saturated heterocycles. The van der Waals surface area contributed by atoms with Crippen molar-refractivity contribution in [3.05, 3.63) is 175 Å². The molecule has 0 aliphatic rings. The summed E-state index contributed by atoms with van der Waals surface area (Å²) in [6.07, 6.45) is 0. The van der Waals surface area contributed by atoms with E-state index < -0.39 is 0 Å². The van der Waals surface area contributed by atoms with Crippen LogP contribution in [0.1, 0.15) is 5.56 Å². The summed E-state index contributed by atoms with van der Waals surface area (Å²) in [5, 5.41) is 15.0. The van der Waals surface area contributed by atoms with Crippen LogP contribution in [0.3, 0.4) is 0 Å². The normalized spacial score (nSPS) is 11.4. The summed E-state index contributed by atoms with van der Waals surface area (Å²) in [4.78, 5) is 10.4. The lowest BCUT2D eigenvalue weighted by atomic mass is 9.96. The van der Waals surface area contributed by atoms with Gasteiger partial charge in [-0.05, 0) is 41.5 Å². The van der Waals surface area contributed by atoms with Crippen molar-refractivity contribution in [3.63, 3.8) is 0 Å². The monoisotopic (exact) mass is 664 g/mol. The van der Waals surface area contributed by atoms with E-state index in [1.807, 2.05) is 91.0 Å². The molecule has 0 saturated carbocycles. The lowest BCUT2D eigenvalue weighted by Crippen LogP contribution is -2.03. The molecule has 0 spiro atoms. The first-order chi connectivity index (χ1) is 25.8. The van der Waals surface area contributed by atoms with Crippen LogP contribution in [-0.2, 0) is 0 Å². The molecule has 0 bridgehead atoms. The standard InChI is InChI=1S/C47H28N4O/c48-29-40-43(31-16-6-2-7-17-31)49-47(50-44(40)32-18-8-3-9-19-32)39-28-33(24-25-34(39)30-14-4-1-5-15-30)51-41-22-12-10-20-35(41)37-26-27-38-36-21-11-13-23-42(36)52-46(38)45(37)51/h1-28H. The second-order valence-electron chi connectivity index (χ2n) is 12.8. The van der Waals surface area contributed by atoms with Crippen LogP contribution in [0, 0.1) is 11.3 Å². The van der Waals surface area contributed by atoms with Gasteiger partial charge in [0.1, 0.15) is 17.2 Å². The lowest BCUT2D eigenvalue weighted by molar-refractivity contribution is 0.671. The Morgan fingerprint density at radius 1 is 0.500 bits per heavy atom. The van der Waals surface area contributed by atoms with E-state index in [-0.39, 0.29) is 0 Å². The number of nitrogens with zero attached hydrogens (tertiary/aromatic N) is 4. The van der Waals surface area contributed by atoms with E-state index in [1.165, 1.54) is 0 Å². The van der Waals surface area contributed by atoms with Gasteiger partial charge in [0.25, 0.3) is 0 Å². The zero-order valence-corrected chi connectivity index (χ0v) is 27.9. The van der Waals surface area contributed by atoms with Gasteiger partial charge in [-0.15, -0.1) is 0 Å². The van der Waals surface area contributed by atoms with Crippen molar-refractivity contribution in [1.82, 2.24) is 14.5 Å². The largest absolute Gasteiger partial charge is 0.454 e. The SMILES string of the molecule is N#Cc1c(-c2ccccc2)nc(-c2cc(-n3c4ccccc4c4ccc5c6ccccc6oc5c43)ccc2-c2ccccc2)nc1-c1ccccc1. The molecule has 5 nitrogen and oxygen atoms in total. The summed E-state index contributed by atoms with van der Waals surface area (Å²) in [6, 6.07) is 60.1. The van der Waals surface area contributed by atoms with Crippen molar-refractivity contribution < 1.29 is 4.42 Å². The van der Waals surface area contributed by atoms with Crippen LogP contribution in [0.2, 0.25) is 0 Å². The molecule has 0 fully saturated rings. The zero-order valence-electron chi connectivity index (χ0n) is 27.9. The highest BCUT2D eigenvalue weighted by Gasteiger charge is 2.23. The van der Waals surface area contributed by atoms with Crippen LogP contribution in [0.15, 0.2) is 174 Å². The van der Waals surface area contributed by atoms with Crippen molar-refractivity contribution in [1.29, 1.82) is 5.26 Å². The number of fused-ring (bicyclic) bond motifs is 7. The van der Waals surface area contributed by atoms with E-state index in [0.717, 1.165) is 77.2 Å². The minimum absolute atomic E-state index is 0.438. The Bertz CT molecular complexity index is 2950. The van der Waals surface area contributed by atoms with E-state index in [1.54, 1.807) is 0 Å². The van der Waals surface area contributed by atoms with Crippen LogP contribution in [0.5, 0.6) is 0 Å².